The van der Waals surface area contributed by atoms with Crippen molar-refractivity contribution in [3.8, 4) is 5.75 Å². The Morgan fingerprint density at radius 1 is 1.35 bits per heavy atom. The molecule has 0 spiro atoms. The third kappa shape index (κ3) is 3.63. The van der Waals surface area contributed by atoms with Crippen molar-refractivity contribution >= 4 is 6.29 Å². The average molecular weight is 234 g/mol. The first-order chi connectivity index (χ1) is 7.99. The minimum atomic E-state index is -0.599. The Morgan fingerprint density at radius 2 is 1.94 bits per heavy atom. The second-order valence-corrected chi connectivity index (χ2v) is 4.16. The number of rotatable bonds is 6. The second kappa shape index (κ2) is 5.53. The van der Waals surface area contributed by atoms with Crippen LogP contribution in [-0.4, -0.2) is 18.5 Å². The minimum Gasteiger partial charge on any atom is -0.495 e. The maximum atomic E-state index is 10.5. The summed E-state index contributed by atoms with van der Waals surface area (Å²) < 4.78 is 11.1. The predicted molar refractivity (Wildman–Crippen MR) is 67.3 cm³/mol. The molecule has 0 bridgehead atoms. The first-order valence-electron chi connectivity index (χ1n) is 5.56. The summed E-state index contributed by atoms with van der Waals surface area (Å²) in [6.07, 6.45) is 0.800. The van der Waals surface area contributed by atoms with E-state index < -0.39 is 5.60 Å². The maximum absolute atomic E-state index is 10.5. The normalized spacial score (nSPS) is 10.8. The van der Waals surface area contributed by atoms with E-state index in [1.54, 1.807) is 24.3 Å². The molecule has 0 amide bonds. The fraction of sp³-hybridized carbons (Fsp3) is 0.357. The molecule has 1 aromatic carbocycles. The van der Waals surface area contributed by atoms with E-state index in [4.69, 9.17) is 9.47 Å². The summed E-state index contributed by atoms with van der Waals surface area (Å²) in [6.45, 7) is 10.1. The highest BCUT2D eigenvalue weighted by Crippen LogP contribution is 2.24. The van der Waals surface area contributed by atoms with Crippen LogP contribution in [0.1, 0.15) is 31.1 Å². The molecule has 0 aromatic heterocycles. The molecule has 3 nitrogen and oxygen atoms in total. The molecule has 0 fully saturated rings. The van der Waals surface area contributed by atoms with E-state index in [-0.39, 0.29) is 0 Å². The Bertz CT molecular complexity index is 390. The van der Waals surface area contributed by atoms with Gasteiger partial charge in [-0.15, -0.1) is 0 Å². The van der Waals surface area contributed by atoms with Gasteiger partial charge in [-0.05, 0) is 45.0 Å². The van der Waals surface area contributed by atoms with E-state index in [0.29, 0.717) is 23.7 Å². The van der Waals surface area contributed by atoms with Crippen molar-refractivity contribution in [3.63, 3.8) is 0 Å². The number of hydrogen-bond donors (Lipinski definition) is 0. The Labute approximate surface area is 102 Å². The summed E-state index contributed by atoms with van der Waals surface area (Å²) >= 11 is 0. The minimum absolute atomic E-state index is 0.565. The maximum Gasteiger partial charge on any atom is 0.159 e. The topological polar surface area (TPSA) is 35.5 Å². The van der Waals surface area contributed by atoms with Gasteiger partial charge in [0.2, 0.25) is 0 Å². The van der Waals surface area contributed by atoms with Crippen molar-refractivity contribution in [2.24, 2.45) is 0 Å². The lowest BCUT2D eigenvalue weighted by Crippen LogP contribution is -2.31. The Morgan fingerprint density at radius 3 is 2.41 bits per heavy atom. The van der Waals surface area contributed by atoms with Gasteiger partial charge in [-0.25, -0.2) is 0 Å². The van der Waals surface area contributed by atoms with Crippen LogP contribution in [-0.2, 0) is 4.74 Å². The zero-order valence-electron chi connectivity index (χ0n) is 10.5. The monoisotopic (exact) mass is 234 g/mol. The molecule has 0 saturated heterocycles. The van der Waals surface area contributed by atoms with Crippen LogP contribution < -0.4 is 4.74 Å². The summed E-state index contributed by atoms with van der Waals surface area (Å²) in [5.74, 6) is 1.26. The predicted octanol–water partition coefficient (Wildman–Crippen LogP) is 3.21. The Kier molecular flexibility index (Phi) is 4.32. The molecule has 0 aliphatic heterocycles. The molecule has 0 saturated carbocycles. The summed E-state index contributed by atoms with van der Waals surface area (Å²) in [6, 6.07) is 6.93. The Hall–Kier alpha value is -1.77. The Balaban J connectivity index is 2.74. The van der Waals surface area contributed by atoms with E-state index in [2.05, 4.69) is 6.58 Å². The van der Waals surface area contributed by atoms with E-state index in [1.807, 2.05) is 20.8 Å². The quantitative estimate of drug-likeness (QED) is 0.560. The largest absolute Gasteiger partial charge is 0.495 e. The number of aldehydes is 1. The number of carbonyl (C=O) groups excluding carboxylic acids is 1. The number of ether oxygens (including phenoxy) is 2. The molecule has 0 unspecified atom stereocenters. The van der Waals surface area contributed by atoms with Crippen LogP contribution in [0.15, 0.2) is 36.6 Å². The van der Waals surface area contributed by atoms with Gasteiger partial charge in [-0.2, -0.15) is 0 Å². The zero-order chi connectivity index (χ0) is 12.9. The van der Waals surface area contributed by atoms with Crippen molar-refractivity contribution in [2.75, 3.05) is 6.61 Å². The zero-order valence-corrected chi connectivity index (χ0v) is 10.5. The molecular weight excluding hydrogens is 216 g/mol. The van der Waals surface area contributed by atoms with Gasteiger partial charge in [-0.1, -0.05) is 6.58 Å². The van der Waals surface area contributed by atoms with E-state index >= 15 is 0 Å². The highest BCUT2D eigenvalue weighted by Gasteiger charge is 2.25. The molecule has 1 aromatic rings. The molecule has 0 radical (unpaired) electrons. The van der Waals surface area contributed by atoms with Gasteiger partial charge in [0.15, 0.2) is 5.60 Å². The molecule has 0 aliphatic rings. The van der Waals surface area contributed by atoms with Crippen LogP contribution in [0, 0.1) is 0 Å². The van der Waals surface area contributed by atoms with Gasteiger partial charge in [0.05, 0.1) is 6.61 Å². The molecule has 0 aliphatic carbocycles. The number of hydrogen-bond acceptors (Lipinski definition) is 3. The average Bonchev–Trinajstić information content (AvgIpc) is 2.30. The van der Waals surface area contributed by atoms with Crippen LogP contribution in [0.3, 0.4) is 0 Å². The van der Waals surface area contributed by atoms with Crippen LogP contribution in [0.2, 0.25) is 0 Å². The lowest BCUT2D eigenvalue weighted by molar-refractivity contribution is 0.0643. The van der Waals surface area contributed by atoms with Crippen molar-refractivity contribution in [2.45, 2.75) is 26.4 Å². The van der Waals surface area contributed by atoms with Crippen LogP contribution in [0.5, 0.6) is 5.75 Å². The van der Waals surface area contributed by atoms with Gasteiger partial charge < -0.3 is 9.47 Å². The van der Waals surface area contributed by atoms with E-state index in [9.17, 15) is 4.79 Å². The first kappa shape index (κ1) is 13.3. The van der Waals surface area contributed by atoms with Crippen molar-refractivity contribution in [1.82, 2.24) is 0 Å². The summed E-state index contributed by atoms with van der Waals surface area (Å²) in [5, 5.41) is 0. The van der Waals surface area contributed by atoms with Gasteiger partial charge in [0.1, 0.15) is 17.8 Å². The van der Waals surface area contributed by atoms with Crippen molar-refractivity contribution < 1.29 is 14.3 Å². The van der Waals surface area contributed by atoms with Crippen LogP contribution in [0.25, 0.3) is 0 Å². The van der Waals surface area contributed by atoms with Gasteiger partial charge in [0, 0.05) is 5.56 Å². The van der Waals surface area contributed by atoms with Crippen LogP contribution in [0.4, 0.5) is 0 Å². The highest BCUT2D eigenvalue weighted by atomic mass is 16.5. The molecule has 17 heavy (non-hydrogen) atoms. The standard InChI is InChI=1S/C14H18O3/c1-5-16-11(2)14(3,4)17-13-8-6-12(10-15)7-9-13/h6-10H,2,5H2,1,3-4H3. The molecule has 0 N–H and O–H groups in total. The van der Waals surface area contributed by atoms with E-state index in [1.165, 1.54) is 0 Å². The number of carbonyl (C=O) groups is 1. The third-order valence-electron chi connectivity index (χ3n) is 2.38. The first-order valence-corrected chi connectivity index (χ1v) is 5.56. The molecule has 0 atom stereocenters. The highest BCUT2D eigenvalue weighted by molar-refractivity contribution is 5.74. The molecule has 0 heterocycles. The van der Waals surface area contributed by atoms with Crippen LogP contribution >= 0.6 is 0 Å². The summed E-state index contributed by atoms with van der Waals surface area (Å²) in [5.41, 5.74) is 0.0254. The summed E-state index contributed by atoms with van der Waals surface area (Å²) in [7, 11) is 0. The lowest BCUT2D eigenvalue weighted by atomic mass is 10.1. The van der Waals surface area contributed by atoms with Gasteiger partial charge in [0.25, 0.3) is 0 Å². The second-order valence-electron chi connectivity index (χ2n) is 4.16. The molecule has 1 rings (SSSR count). The molecule has 3 heteroatoms. The molecular formula is C14H18O3. The number of benzene rings is 1. The fourth-order valence-electron chi connectivity index (χ4n) is 1.31. The van der Waals surface area contributed by atoms with Crippen molar-refractivity contribution in [3.05, 3.63) is 42.2 Å². The third-order valence-corrected chi connectivity index (χ3v) is 2.38. The smallest absolute Gasteiger partial charge is 0.159 e. The SMILES string of the molecule is C=C(OCC)C(C)(C)Oc1ccc(C=O)cc1. The van der Waals surface area contributed by atoms with E-state index in [0.717, 1.165) is 6.29 Å². The van der Waals surface area contributed by atoms with Gasteiger partial charge >= 0.3 is 0 Å². The molecule has 92 valence electrons. The van der Waals surface area contributed by atoms with Gasteiger partial charge in [-0.3, -0.25) is 4.79 Å². The summed E-state index contributed by atoms with van der Waals surface area (Å²) in [4.78, 5) is 10.5. The van der Waals surface area contributed by atoms with Crippen molar-refractivity contribution in [1.29, 1.82) is 0 Å². The fourth-order valence-corrected chi connectivity index (χ4v) is 1.31. The lowest BCUT2D eigenvalue weighted by Gasteiger charge is -2.28.